The predicted molar refractivity (Wildman–Crippen MR) is 87.1 cm³/mol. The molecule has 0 aromatic carbocycles. The molecule has 0 saturated carbocycles. The normalized spacial score (nSPS) is 11.7. The van der Waals surface area contributed by atoms with Crippen LogP contribution in [0.4, 0.5) is 0 Å². The van der Waals surface area contributed by atoms with Crippen molar-refractivity contribution >= 4 is 5.96 Å². The zero-order chi connectivity index (χ0) is 15.2. The summed E-state index contributed by atoms with van der Waals surface area (Å²) in [5.74, 6) is 0.933. The van der Waals surface area contributed by atoms with E-state index in [-0.39, 0.29) is 0 Å². The van der Waals surface area contributed by atoms with Crippen LogP contribution in [0.1, 0.15) is 18.2 Å². The number of aliphatic imine (C=N–C) groups is 1. The average Bonchev–Trinajstić information content (AvgIpc) is 3.04. The van der Waals surface area contributed by atoms with Crippen LogP contribution < -0.4 is 5.32 Å². The van der Waals surface area contributed by atoms with E-state index in [4.69, 9.17) is 4.99 Å². The van der Waals surface area contributed by atoms with Crippen LogP contribution in [0.5, 0.6) is 0 Å². The molecule has 0 saturated heterocycles. The van der Waals surface area contributed by atoms with E-state index in [1.54, 1.807) is 0 Å². The molecular weight excluding hydrogens is 262 g/mol. The van der Waals surface area contributed by atoms with Crippen LogP contribution in [0.25, 0.3) is 0 Å². The second-order valence-electron chi connectivity index (χ2n) is 5.32. The van der Waals surface area contributed by atoms with Gasteiger partial charge >= 0.3 is 0 Å². The van der Waals surface area contributed by atoms with Crippen molar-refractivity contribution in [1.82, 2.24) is 19.4 Å². The van der Waals surface area contributed by atoms with Crippen molar-refractivity contribution in [3.8, 4) is 0 Å². The Bertz CT molecular complexity index is 593. The van der Waals surface area contributed by atoms with Gasteiger partial charge in [-0.3, -0.25) is 0 Å². The minimum atomic E-state index is 0.695. The van der Waals surface area contributed by atoms with Crippen molar-refractivity contribution in [2.45, 2.75) is 20.0 Å². The molecule has 0 aliphatic carbocycles. The molecule has 5 nitrogen and oxygen atoms in total. The minimum absolute atomic E-state index is 0.695. The van der Waals surface area contributed by atoms with Crippen LogP contribution in [-0.2, 0) is 27.2 Å². The Morgan fingerprint density at radius 1 is 1.29 bits per heavy atom. The number of nitrogens with zero attached hydrogens (tertiary/aromatic N) is 4. The number of hydrogen-bond acceptors (Lipinski definition) is 1. The highest BCUT2D eigenvalue weighted by Gasteiger charge is 2.08. The molecule has 0 unspecified atom stereocenters. The first-order chi connectivity index (χ1) is 10.1. The molecule has 0 aliphatic heterocycles. The van der Waals surface area contributed by atoms with Gasteiger partial charge in [0.05, 0.1) is 13.1 Å². The van der Waals surface area contributed by atoms with Gasteiger partial charge in [-0.2, -0.15) is 0 Å². The Balaban J connectivity index is 2.04. The summed E-state index contributed by atoms with van der Waals surface area (Å²) in [6.07, 6.45) is 6.22. The van der Waals surface area contributed by atoms with Gasteiger partial charge in [0.25, 0.3) is 0 Å². The zero-order valence-corrected chi connectivity index (χ0v) is 13.4. The lowest BCUT2D eigenvalue weighted by Gasteiger charge is -2.22. The molecule has 114 valence electrons. The van der Waals surface area contributed by atoms with E-state index in [1.165, 1.54) is 11.3 Å². The second-order valence-corrected chi connectivity index (χ2v) is 5.32. The Morgan fingerprint density at radius 3 is 2.67 bits per heavy atom. The van der Waals surface area contributed by atoms with Gasteiger partial charge < -0.3 is 19.4 Å². The molecule has 21 heavy (non-hydrogen) atoms. The van der Waals surface area contributed by atoms with Crippen molar-refractivity contribution in [2.24, 2.45) is 19.1 Å². The monoisotopic (exact) mass is 287 g/mol. The maximum Gasteiger partial charge on any atom is 0.194 e. The predicted octanol–water partition coefficient (Wildman–Crippen LogP) is 1.96. The molecule has 0 fully saturated rings. The van der Waals surface area contributed by atoms with Gasteiger partial charge in [0, 0.05) is 52.0 Å². The number of hydrogen-bond donors (Lipinski definition) is 1. The highest BCUT2D eigenvalue weighted by molar-refractivity contribution is 5.79. The molecule has 2 aromatic heterocycles. The molecule has 2 aromatic rings. The summed E-state index contributed by atoms with van der Waals surface area (Å²) in [4.78, 5) is 6.87. The van der Waals surface area contributed by atoms with Crippen molar-refractivity contribution in [2.75, 3.05) is 13.6 Å². The summed E-state index contributed by atoms with van der Waals surface area (Å²) in [6, 6.07) is 6.30. The van der Waals surface area contributed by atoms with E-state index in [9.17, 15) is 0 Å². The zero-order valence-electron chi connectivity index (χ0n) is 13.4. The summed E-state index contributed by atoms with van der Waals surface area (Å²) >= 11 is 0. The summed E-state index contributed by atoms with van der Waals surface area (Å²) in [7, 11) is 6.16. The lowest BCUT2D eigenvalue weighted by atomic mass is 10.3. The third-order valence-corrected chi connectivity index (χ3v) is 3.45. The number of nitrogens with one attached hydrogen (secondary N) is 1. The van der Waals surface area contributed by atoms with E-state index < -0.39 is 0 Å². The lowest BCUT2D eigenvalue weighted by Crippen LogP contribution is -2.38. The summed E-state index contributed by atoms with van der Waals surface area (Å²) in [5, 5.41) is 3.35. The van der Waals surface area contributed by atoms with E-state index >= 15 is 0 Å². The molecule has 0 amide bonds. The first-order valence-corrected chi connectivity index (χ1v) is 7.30. The third kappa shape index (κ3) is 4.15. The van der Waals surface area contributed by atoms with Crippen molar-refractivity contribution in [1.29, 1.82) is 0 Å². The topological polar surface area (TPSA) is 37.5 Å². The molecule has 0 atom stereocenters. The first-order valence-electron chi connectivity index (χ1n) is 7.30. The van der Waals surface area contributed by atoms with Gasteiger partial charge in [-0.25, -0.2) is 4.99 Å². The molecule has 2 rings (SSSR count). The molecule has 0 radical (unpaired) electrons. The van der Waals surface area contributed by atoms with Crippen LogP contribution in [0.2, 0.25) is 0 Å². The van der Waals surface area contributed by atoms with Crippen LogP contribution >= 0.6 is 0 Å². The number of rotatable bonds is 5. The number of aryl methyl sites for hydroxylation is 2. The Labute approximate surface area is 126 Å². The Kier molecular flexibility index (Phi) is 5.09. The minimum Gasteiger partial charge on any atom is -0.357 e. The number of aromatic nitrogens is 2. The van der Waals surface area contributed by atoms with E-state index in [1.807, 2.05) is 17.8 Å². The fourth-order valence-electron chi connectivity index (χ4n) is 2.27. The van der Waals surface area contributed by atoms with Gasteiger partial charge in [-0.15, -0.1) is 0 Å². The molecule has 0 spiro atoms. The molecule has 0 aliphatic rings. The van der Waals surface area contributed by atoms with Crippen LogP contribution in [0.15, 0.2) is 41.8 Å². The maximum absolute atomic E-state index is 4.72. The van der Waals surface area contributed by atoms with Gasteiger partial charge in [0.2, 0.25) is 0 Å². The highest BCUT2D eigenvalue weighted by Crippen LogP contribution is 2.06. The smallest absolute Gasteiger partial charge is 0.194 e. The van der Waals surface area contributed by atoms with Gasteiger partial charge in [-0.1, -0.05) is 0 Å². The quantitative estimate of drug-likeness (QED) is 0.674. The molecule has 2 heterocycles. The summed E-state index contributed by atoms with van der Waals surface area (Å²) in [5.41, 5.74) is 2.49. The molecular formula is C16H25N5. The second kappa shape index (κ2) is 7.02. The standard InChI is InChI=1S/C16H25N5/c1-5-17-16(18-11-14-8-10-19(2)12-14)21(4)13-15-7-6-9-20(15)3/h6-10,12H,5,11,13H2,1-4H3,(H,17,18). The SMILES string of the molecule is CCNC(=NCc1ccn(C)c1)N(C)Cc1cccn1C. The fourth-order valence-corrected chi connectivity index (χ4v) is 2.27. The van der Waals surface area contributed by atoms with Crippen molar-refractivity contribution < 1.29 is 0 Å². The lowest BCUT2D eigenvalue weighted by molar-refractivity contribution is 0.462. The van der Waals surface area contributed by atoms with Crippen LogP contribution in [0, 0.1) is 0 Å². The van der Waals surface area contributed by atoms with Crippen molar-refractivity contribution in [3.05, 3.63) is 48.0 Å². The molecule has 0 bridgehead atoms. The molecule has 1 N–H and O–H groups in total. The fraction of sp³-hybridized carbons (Fsp3) is 0.438. The van der Waals surface area contributed by atoms with E-state index in [0.717, 1.165) is 19.0 Å². The third-order valence-electron chi connectivity index (χ3n) is 3.45. The van der Waals surface area contributed by atoms with Gasteiger partial charge in [0.1, 0.15) is 0 Å². The van der Waals surface area contributed by atoms with Gasteiger partial charge in [0.15, 0.2) is 5.96 Å². The average molecular weight is 287 g/mol. The van der Waals surface area contributed by atoms with E-state index in [2.05, 4.69) is 66.4 Å². The highest BCUT2D eigenvalue weighted by atomic mass is 15.3. The summed E-state index contributed by atoms with van der Waals surface area (Å²) in [6.45, 7) is 4.49. The van der Waals surface area contributed by atoms with Crippen molar-refractivity contribution in [3.63, 3.8) is 0 Å². The van der Waals surface area contributed by atoms with E-state index in [0.29, 0.717) is 6.54 Å². The summed E-state index contributed by atoms with van der Waals surface area (Å²) < 4.78 is 4.18. The maximum atomic E-state index is 4.72. The molecule has 5 heteroatoms. The Morgan fingerprint density at radius 2 is 2.10 bits per heavy atom. The van der Waals surface area contributed by atoms with Crippen LogP contribution in [-0.4, -0.2) is 33.6 Å². The van der Waals surface area contributed by atoms with Crippen LogP contribution in [0.3, 0.4) is 0 Å². The number of guanidine groups is 1. The largest absolute Gasteiger partial charge is 0.357 e. The van der Waals surface area contributed by atoms with Gasteiger partial charge in [-0.05, 0) is 30.7 Å². The first kappa shape index (κ1) is 15.2. The Hall–Kier alpha value is -2.17.